The molecule has 0 radical (unpaired) electrons. The molecule has 0 aliphatic heterocycles. The summed E-state index contributed by atoms with van der Waals surface area (Å²) in [7, 11) is -7.50. The minimum atomic E-state index is -3.75. The van der Waals surface area contributed by atoms with Gasteiger partial charge in [0.2, 0.25) is 14.9 Å². The molecule has 0 amide bonds. The van der Waals surface area contributed by atoms with Crippen molar-refractivity contribution in [1.82, 2.24) is 0 Å². The Hall–Kier alpha value is -0.720. The number of rotatable bonds is 3. The van der Waals surface area contributed by atoms with Crippen LogP contribution in [0.25, 0.3) is 0 Å². The molecular formula is C7H14N4O4P2. The fraction of sp³-hybridized carbons (Fsp3) is 0.143. The molecule has 10 heteroatoms. The number of hydrogen-bond acceptors (Lipinski definition) is 4. The summed E-state index contributed by atoms with van der Waals surface area (Å²) in [5.74, 6) is -0.389. The van der Waals surface area contributed by atoms with Crippen molar-refractivity contribution in [2.24, 2.45) is 22.0 Å². The maximum atomic E-state index is 11.6. The van der Waals surface area contributed by atoms with Crippen LogP contribution in [0.1, 0.15) is 5.56 Å². The van der Waals surface area contributed by atoms with Crippen LogP contribution in [0.5, 0.6) is 5.75 Å². The van der Waals surface area contributed by atoms with E-state index in [1.807, 2.05) is 0 Å². The molecule has 0 unspecified atom stereocenters. The Morgan fingerprint density at radius 3 is 1.59 bits per heavy atom. The number of aliphatic hydroxyl groups is 1. The van der Waals surface area contributed by atoms with Crippen LogP contribution in [0.2, 0.25) is 0 Å². The molecule has 0 heterocycles. The average Bonchev–Trinajstić information content (AvgIpc) is 2.13. The van der Waals surface area contributed by atoms with Gasteiger partial charge in [-0.2, -0.15) is 0 Å². The molecule has 8 nitrogen and oxygen atoms in total. The van der Waals surface area contributed by atoms with E-state index in [-0.39, 0.29) is 21.9 Å². The van der Waals surface area contributed by atoms with Gasteiger partial charge in [-0.3, -0.25) is 31.1 Å². The first-order valence-electron chi connectivity index (χ1n) is 4.39. The van der Waals surface area contributed by atoms with Crippen molar-refractivity contribution >= 4 is 25.5 Å². The lowest BCUT2D eigenvalue weighted by Crippen LogP contribution is -2.31. The second-order valence-corrected chi connectivity index (χ2v) is 7.34. The van der Waals surface area contributed by atoms with Gasteiger partial charge >= 0.3 is 0 Å². The van der Waals surface area contributed by atoms with E-state index in [1.54, 1.807) is 0 Å². The van der Waals surface area contributed by atoms with E-state index in [9.17, 15) is 19.3 Å². The van der Waals surface area contributed by atoms with E-state index >= 15 is 0 Å². The number of phenolic OH excluding ortho intramolecular Hbond substituents is 1. The normalized spacial score (nSPS) is 12.8. The maximum Gasteiger partial charge on any atom is 0.235 e. The topological polar surface area (TPSA) is 179 Å². The van der Waals surface area contributed by atoms with Crippen LogP contribution in [0.4, 0.5) is 0 Å². The summed E-state index contributed by atoms with van der Waals surface area (Å²) in [5, 5.41) is 18.2. The highest BCUT2D eigenvalue weighted by atomic mass is 31.2. The fourth-order valence-corrected chi connectivity index (χ4v) is 3.40. The van der Waals surface area contributed by atoms with Crippen molar-refractivity contribution in [3.63, 3.8) is 0 Å². The summed E-state index contributed by atoms with van der Waals surface area (Å²) in [4.78, 5) is 0. The van der Waals surface area contributed by atoms with Crippen molar-refractivity contribution in [3.8, 4) is 5.75 Å². The van der Waals surface area contributed by atoms with Crippen molar-refractivity contribution in [1.29, 1.82) is 0 Å². The largest absolute Gasteiger partial charge is 0.508 e. The first kappa shape index (κ1) is 14.3. The zero-order valence-corrected chi connectivity index (χ0v) is 10.6. The summed E-state index contributed by atoms with van der Waals surface area (Å²) in [6, 6.07) is 2.04. The van der Waals surface area contributed by atoms with Gasteiger partial charge in [0.25, 0.3) is 0 Å². The zero-order chi connectivity index (χ0) is 13.4. The number of benzene rings is 1. The third-order valence-electron chi connectivity index (χ3n) is 2.10. The molecule has 1 rings (SSSR count). The Bertz CT molecular complexity index is 492. The number of aliphatic hydroxyl groups excluding tert-OH is 1. The first-order valence-corrected chi connectivity index (χ1v) is 8.08. The lowest BCUT2D eigenvalue weighted by Gasteiger charge is -2.18. The molecule has 0 aromatic heterocycles. The van der Waals surface area contributed by atoms with Gasteiger partial charge in [-0.15, -0.1) is 0 Å². The van der Waals surface area contributed by atoms with E-state index < -0.39 is 21.5 Å². The summed E-state index contributed by atoms with van der Waals surface area (Å²) in [6.45, 7) is -0.651. The minimum absolute atomic E-state index is 0.0792. The highest BCUT2D eigenvalue weighted by molar-refractivity contribution is 7.68. The smallest absolute Gasteiger partial charge is 0.235 e. The predicted molar refractivity (Wildman–Crippen MR) is 65.3 cm³/mol. The van der Waals surface area contributed by atoms with E-state index in [0.717, 1.165) is 12.1 Å². The molecule has 1 aromatic rings. The van der Waals surface area contributed by atoms with Gasteiger partial charge in [-0.25, -0.2) is 0 Å². The molecule has 17 heavy (non-hydrogen) atoms. The predicted octanol–water partition coefficient (Wildman–Crippen LogP) is -1.64. The Kier molecular flexibility index (Phi) is 3.81. The maximum absolute atomic E-state index is 11.6. The van der Waals surface area contributed by atoms with E-state index in [1.165, 1.54) is 0 Å². The van der Waals surface area contributed by atoms with Crippen LogP contribution in [0.15, 0.2) is 12.1 Å². The molecule has 0 aliphatic carbocycles. The highest BCUT2D eigenvalue weighted by Gasteiger charge is 2.26. The van der Waals surface area contributed by atoms with Crippen LogP contribution in [-0.2, 0) is 15.7 Å². The Labute approximate surface area is 97.5 Å². The second kappa shape index (κ2) is 4.51. The number of phenols is 1. The Morgan fingerprint density at radius 1 is 1.00 bits per heavy atom. The van der Waals surface area contributed by atoms with Crippen molar-refractivity contribution < 1.29 is 19.3 Å². The molecule has 0 fully saturated rings. The molecule has 96 valence electrons. The Balaban J connectivity index is 3.70. The lowest BCUT2D eigenvalue weighted by atomic mass is 10.2. The van der Waals surface area contributed by atoms with Gasteiger partial charge in [-0.05, 0) is 12.1 Å². The second-order valence-electron chi connectivity index (χ2n) is 3.54. The molecule has 0 saturated carbocycles. The first-order chi connectivity index (χ1) is 7.57. The standard InChI is InChI=1S/C7H14N4O4P2/c8-16(9,14)6-1-4(13)2-7(5(6)3-12)17(10,11)15/h1-2,12-13H,3H2,(H4,8,9,14)(H4,10,11,15). The molecule has 0 bridgehead atoms. The SMILES string of the molecule is NP(N)(=O)c1cc(O)cc(P(N)(N)=O)c1CO. The average molecular weight is 280 g/mol. The summed E-state index contributed by atoms with van der Waals surface area (Å²) in [5.41, 5.74) is 20.9. The van der Waals surface area contributed by atoms with Crippen LogP contribution in [0, 0.1) is 0 Å². The molecule has 0 saturated heterocycles. The third kappa shape index (κ3) is 3.14. The van der Waals surface area contributed by atoms with Crippen molar-refractivity contribution in [3.05, 3.63) is 17.7 Å². The number of aromatic hydroxyl groups is 1. The van der Waals surface area contributed by atoms with Gasteiger partial charge in [0.05, 0.1) is 6.61 Å². The van der Waals surface area contributed by atoms with Crippen molar-refractivity contribution in [2.75, 3.05) is 0 Å². The zero-order valence-electron chi connectivity index (χ0n) is 8.78. The van der Waals surface area contributed by atoms with Gasteiger partial charge < -0.3 is 10.2 Å². The molecule has 0 aliphatic rings. The molecule has 1 aromatic carbocycles. The highest BCUT2D eigenvalue weighted by Crippen LogP contribution is 2.33. The van der Waals surface area contributed by atoms with Crippen LogP contribution in [0.3, 0.4) is 0 Å². The lowest BCUT2D eigenvalue weighted by molar-refractivity contribution is 0.283. The van der Waals surface area contributed by atoms with Crippen LogP contribution in [-0.4, -0.2) is 10.2 Å². The van der Waals surface area contributed by atoms with Gasteiger partial charge in [0.15, 0.2) is 0 Å². The van der Waals surface area contributed by atoms with Gasteiger partial charge in [0.1, 0.15) is 5.75 Å². The monoisotopic (exact) mass is 280 g/mol. The van der Waals surface area contributed by atoms with E-state index in [4.69, 9.17) is 22.0 Å². The van der Waals surface area contributed by atoms with Crippen LogP contribution >= 0.6 is 14.9 Å². The molecule has 0 spiro atoms. The number of nitrogens with two attached hydrogens (primary N) is 4. The molecule has 0 atom stereocenters. The fourth-order valence-electron chi connectivity index (χ4n) is 1.41. The summed E-state index contributed by atoms with van der Waals surface area (Å²) in [6.07, 6.45) is 0. The quantitative estimate of drug-likeness (QED) is 0.356. The van der Waals surface area contributed by atoms with Crippen molar-refractivity contribution in [2.45, 2.75) is 6.61 Å². The van der Waals surface area contributed by atoms with Gasteiger partial charge in [0, 0.05) is 16.2 Å². The van der Waals surface area contributed by atoms with Gasteiger partial charge in [-0.1, -0.05) is 0 Å². The van der Waals surface area contributed by atoms with Crippen LogP contribution < -0.4 is 32.6 Å². The number of hydrogen-bond donors (Lipinski definition) is 6. The molecular weight excluding hydrogens is 266 g/mol. The third-order valence-corrected chi connectivity index (χ3v) is 4.40. The summed E-state index contributed by atoms with van der Waals surface area (Å²) >= 11 is 0. The molecule has 10 N–H and O–H groups in total. The van der Waals surface area contributed by atoms with E-state index in [2.05, 4.69) is 0 Å². The summed E-state index contributed by atoms with van der Waals surface area (Å²) < 4.78 is 23.2. The Morgan fingerprint density at radius 2 is 1.35 bits per heavy atom. The minimum Gasteiger partial charge on any atom is -0.508 e. The van der Waals surface area contributed by atoms with E-state index in [0.29, 0.717) is 0 Å².